The number of likely N-dealkylation sites (tertiary alicyclic amines) is 1. The predicted octanol–water partition coefficient (Wildman–Crippen LogP) is 3.09. The van der Waals surface area contributed by atoms with Crippen molar-refractivity contribution in [2.45, 2.75) is 32.7 Å². The van der Waals surface area contributed by atoms with Gasteiger partial charge < -0.3 is 10.2 Å². The molecule has 1 N–H and O–H groups in total. The van der Waals surface area contributed by atoms with Crippen molar-refractivity contribution >= 4 is 33.2 Å². The second-order valence-corrected chi connectivity index (χ2v) is 6.98. The third-order valence-electron chi connectivity index (χ3n) is 4.38. The highest BCUT2D eigenvalue weighted by atomic mass is 32.1. The minimum atomic E-state index is -0.287. The molecule has 122 valence electrons. The van der Waals surface area contributed by atoms with Crippen LogP contribution in [0.4, 0.5) is 4.39 Å². The van der Waals surface area contributed by atoms with E-state index in [1.165, 1.54) is 17.4 Å². The van der Waals surface area contributed by atoms with E-state index in [0.29, 0.717) is 28.9 Å². The number of aryl methyl sites for hydroxylation is 1. The molecule has 2 amide bonds. The van der Waals surface area contributed by atoms with Gasteiger partial charge in [-0.1, -0.05) is 6.07 Å². The maximum atomic E-state index is 13.9. The number of carbonyl (C=O) groups is 2. The number of carbonyl (C=O) groups excluding carboxylic acids is 2. The van der Waals surface area contributed by atoms with Crippen LogP contribution in [0.25, 0.3) is 10.1 Å². The molecule has 1 aromatic carbocycles. The highest BCUT2D eigenvalue weighted by Gasteiger charge is 2.24. The molecule has 4 nitrogen and oxygen atoms in total. The molecule has 0 radical (unpaired) electrons. The van der Waals surface area contributed by atoms with Crippen molar-refractivity contribution in [1.82, 2.24) is 10.2 Å². The number of amides is 2. The standard InChI is InChI=1S/C17H19FN2O2S/c1-10-15-13(18)4-3-5-14(15)23-16(10)17(22)19-12-6-8-20(9-7-12)11(2)21/h3-5,12H,6-9H2,1-2H3,(H,19,22). The van der Waals surface area contributed by atoms with Gasteiger partial charge in [-0.3, -0.25) is 9.59 Å². The number of benzene rings is 1. The largest absolute Gasteiger partial charge is 0.348 e. The molecule has 1 aromatic heterocycles. The van der Waals surface area contributed by atoms with Crippen LogP contribution in [0.5, 0.6) is 0 Å². The SMILES string of the molecule is CC(=O)N1CCC(NC(=O)c2sc3cccc(F)c3c2C)CC1. The van der Waals surface area contributed by atoms with E-state index in [4.69, 9.17) is 0 Å². The molecule has 6 heteroatoms. The number of hydrogen-bond donors (Lipinski definition) is 1. The van der Waals surface area contributed by atoms with Crippen molar-refractivity contribution in [3.63, 3.8) is 0 Å². The lowest BCUT2D eigenvalue weighted by molar-refractivity contribution is -0.129. The Hall–Kier alpha value is -1.95. The molecule has 1 aliphatic heterocycles. The molecule has 1 saturated heterocycles. The number of rotatable bonds is 2. The summed E-state index contributed by atoms with van der Waals surface area (Å²) in [6, 6.07) is 4.97. The Balaban J connectivity index is 1.73. The lowest BCUT2D eigenvalue weighted by Gasteiger charge is -2.31. The van der Waals surface area contributed by atoms with Crippen LogP contribution >= 0.6 is 11.3 Å². The summed E-state index contributed by atoms with van der Waals surface area (Å²) in [5, 5.41) is 3.56. The quantitative estimate of drug-likeness (QED) is 0.917. The van der Waals surface area contributed by atoms with Crippen molar-refractivity contribution in [3.05, 3.63) is 34.5 Å². The number of thiophene rings is 1. The van der Waals surface area contributed by atoms with E-state index >= 15 is 0 Å². The van der Waals surface area contributed by atoms with Crippen molar-refractivity contribution in [2.75, 3.05) is 13.1 Å². The van der Waals surface area contributed by atoms with Gasteiger partial charge in [-0.15, -0.1) is 11.3 Å². The Morgan fingerprint density at radius 3 is 2.61 bits per heavy atom. The summed E-state index contributed by atoms with van der Waals surface area (Å²) >= 11 is 1.32. The summed E-state index contributed by atoms with van der Waals surface area (Å²) in [4.78, 5) is 26.2. The topological polar surface area (TPSA) is 49.4 Å². The molecule has 0 atom stereocenters. The van der Waals surface area contributed by atoms with Gasteiger partial charge in [-0.05, 0) is 37.5 Å². The fourth-order valence-electron chi connectivity index (χ4n) is 3.06. The first-order chi connectivity index (χ1) is 11.0. The molecule has 0 saturated carbocycles. The van der Waals surface area contributed by atoms with Crippen LogP contribution in [-0.2, 0) is 4.79 Å². The third kappa shape index (κ3) is 3.08. The Labute approximate surface area is 138 Å². The maximum Gasteiger partial charge on any atom is 0.261 e. The number of nitrogens with one attached hydrogen (secondary N) is 1. The number of hydrogen-bond acceptors (Lipinski definition) is 3. The van der Waals surface area contributed by atoms with Crippen molar-refractivity contribution < 1.29 is 14.0 Å². The van der Waals surface area contributed by atoms with Crippen molar-refractivity contribution in [3.8, 4) is 0 Å². The van der Waals surface area contributed by atoms with Crippen LogP contribution in [0.3, 0.4) is 0 Å². The Bertz CT molecular complexity index is 763. The predicted molar refractivity (Wildman–Crippen MR) is 89.3 cm³/mol. The average molecular weight is 334 g/mol. The van der Waals surface area contributed by atoms with Gasteiger partial charge in [-0.2, -0.15) is 0 Å². The van der Waals surface area contributed by atoms with E-state index in [1.54, 1.807) is 24.8 Å². The Kier molecular flexibility index (Phi) is 4.35. The van der Waals surface area contributed by atoms with Crippen molar-refractivity contribution in [1.29, 1.82) is 0 Å². The second kappa shape index (κ2) is 6.28. The molecule has 0 spiro atoms. The lowest BCUT2D eigenvalue weighted by Crippen LogP contribution is -2.45. The van der Waals surface area contributed by atoms with E-state index in [-0.39, 0.29) is 23.7 Å². The number of nitrogens with zero attached hydrogens (tertiary/aromatic N) is 1. The van der Waals surface area contributed by atoms with Gasteiger partial charge in [0.1, 0.15) is 5.82 Å². The Morgan fingerprint density at radius 2 is 2.00 bits per heavy atom. The normalized spacial score (nSPS) is 15.9. The fraction of sp³-hybridized carbons (Fsp3) is 0.412. The van der Waals surface area contributed by atoms with Crippen LogP contribution < -0.4 is 5.32 Å². The molecule has 23 heavy (non-hydrogen) atoms. The van der Waals surface area contributed by atoms with Gasteiger partial charge >= 0.3 is 0 Å². The molecule has 1 fully saturated rings. The van der Waals surface area contributed by atoms with Crippen LogP contribution in [0.15, 0.2) is 18.2 Å². The lowest BCUT2D eigenvalue weighted by atomic mass is 10.0. The maximum absolute atomic E-state index is 13.9. The van der Waals surface area contributed by atoms with Gasteiger partial charge in [0, 0.05) is 36.1 Å². The van der Waals surface area contributed by atoms with Crippen LogP contribution in [0.1, 0.15) is 35.0 Å². The summed E-state index contributed by atoms with van der Waals surface area (Å²) in [6.07, 6.45) is 1.51. The van der Waals surface area contributed by atoms with E-state index < -0.39 is 0 Å². The molecule has 1 aliphatic rings. The first-order valence-corrected chi connectivity index (χ1v) is 8.53. The summed E-state index contributed by atoms with van der Waals surface area (Å²) < 4.78 is 14.7. The fourth-order valence-corrected chi connectivity index (χ4v) is 4.19. The van der Waals surface area contributed by atoms with Crippen LogP contribution in [0.2, 0.25) is 0 Å². The molecule has 0 unspecified atom stereocenters. The van der Waals surface area contributed by atoms with Gasteiger partial charge in [0.05, 0.1) is 4.88 Å². The zero-order valence-electron chi connectivity index (χ0n) is 13.2. The van der Waals surface area contributed by atoms with Crippen molar-refractivity contribution in [2.24, 2.45) is 0 Å². The minimum Gasteiger partial charge on any atom is -0.348 e. The zero-order chi connectivity index (χ0) is 16.6. The van der Waals surface area contributed by atoms with Gasteiger partial charge in [0.25, 0.3) is 5.91 Å². The molecule has 0 bridgehead atoms. The number of piperidine rings is 1. The van der Waals surface area contributed by atoms with Crippen LogP contribution in [-0.4, -0.2) is 35.8 Å². The van der Waals surface area contributed by atoms with Gasteiger partial charge in [0.2, 0.25) is 5.91 Å². The van der Waals surface area contributed by atoms with E-state index in [0.717, 1.165) is 17.5 Å². The molecule has 0 aliphatic carbocycles. The van der Waals surface area contributed by atoms with E-state index in [1.807, 2.05) is 6.07 Å². The van der Waals surface area contributed by atoms with E-state index in [9.17, 15) is 14.0 Å². The zero-order valence-corrected chi connectivity index (χ0v) is 14.0. The smallest absolute Gasteiger partial charge is 0.261 e. The number of halogens is 1. The highest BCUT2D eigenvalue weighted by Crippen LogP contribution is 2.32. The monoisotopic (exact) mass is 334 g/mol. The summed E-state index contributed by atoms with van der Waals surface area (Å²) in [7, 11) is 0. The molecular formula is C17H19FN2O2S. The third-order valence-corrected chi connectivity index (χ3v) is 5.64. The first-order valence-electron chi connectivity index (χ1n) is 7.71. The summed E-state index contributed by atoms with van der Waals surface area (Å²) in [6.45, 7) is 4.68. The minimum absolute atomic E-state index is 0.0626. The molecule has 2 aromatic rings. The van der Waals surface area contributed by atoms with Crippen LogP contribution in [0, 0.1) is 12.7 Å². The van der Waals surface area contributed by atoms with E-state index in [2.05, 4.69) is 5.32 Å². The second-order valence-electron chi connectivity index (χ2n) is 5.92. The first kappa shape index (κ1) is 15.9. The van der Waals surface area contributed by atoms with Gasteiger partial charge in [0.15, 0.2) is 0 Å². The summed E-state index contributed by atoms with van der Waals surface area (Å²) in [5.74, 6) is -0.361. The highest BCUT2D eigenvalue weighted by molar-refractivity contribution is 7.21. The average Bonchev–Trinajstić information content (AvgIpc) is 2.86. The molecule has 3 rings (SSSR count). The Morgan fingerprint density at radius 1 is 1.30 bits per heavy atom. The van der Waals surface area contributed by atoms with Gasteiger partial charge in [-0.25, -0.2) is 4.39 Å². The number of fused-ring (bicyclic) bond motifs is 1. The summed E-state index contributed by atoms with van der Waals surface area (Å²) in [5.41, 5.74) is 0.696. The molecule has 2 heterocycles. The molecular weight excluding hydrogens is 315 g/mol.